The van der Waals surface area contributed by atoms with E-state index in [9.17, 15) is 4.79 Å². The quantitative estimate of drug-likeness (QED) is 0.453. The Bertz CT molecular complexity index is 1070. The highest BCUT2D eigenvalue weighted by Gasteiger charge is 2.36. The van der Waals surface area contributed by atoms with Crippen LogP contribution < -0.4 is 0 Å². The molecule has 0 radical (unpaired) electrons. The zero-order valence-corrected chi connectivity index (χ0v) is 18.4. The van der Waals surface area contributed by atoms with Crippen LogP contribution in [0.4, 0.5) is 0 Å². The van der Waals surface area contributed by atoms with Gasteiger partial charge in [-0.3, -0.25) is 0 Å². The lowest BCUT2D eigenvalue weighted by Gasteiger charge is -2.28. The largest absolute Gasteiger partial charge is 0.478 e. The highest BCUT2D eigenvalue weighted by molar-refractivity contribution is 6.34. The van der Waals surface area contributed by atoms with Gasteiger partial charge in [-0.2, -0.15) is 0 Å². The van der Waals surface area contributed by atoms with Crippen molar-refractivity contribution in [3.05, 3.63) is 104 Å². The summed E-state index contributed by atoms with van der Waals surface area (Å²) in [5.41, 5.74) is 6.97. The number of benzene rings is 3. The topological polar surface area (TPSA) is 37.3 Å². The molecule has 1 aliphatic carbocycles. The summed E-state index contributed by atoms with van der Waals surface area (Å²) < 4.78 is 0. The minimum Gasteiger partial charge on any atom is -0.478 e. The van der Waals surface area contributed by atoms with Gasteiger partial charge in [0.05, 0.1) is 5.56 Å². The highest BCUT2D eigenvalue weighted by Crippen LogP contribution is 2.44. The first-order valence-electron chi connectivity index (χ1n) is 10.2. The van der Waals surface area contributed by atoms with E-state index < -0.39 is 5.97 Å². The Balaban J connectivity index is 1.58. The van der Waals surface area contributed by atoms with Crippen LogP contribution >= 0.6 is 23.2 Å². The van der Waals surface area contributed by atoms with Crippen molar-refractivity contribution in [3.63, 3.8) is 0 Å². The van der Waals surface area contributed by atoms with Gasteiger partial charge in [0, 0.05) is 10.0 Å². The van der Waals surface area contributed by atoms with Gasteiger partial charge in [-0.05, 0) is 95.7 Å². The van der Waals surface area contributed by atoms with Crippen molar-refractivity contribution >= 4 is 29.2 Å². The number of rotatable bonds is 6. The molecule has 0 amide bonds. The van der Waals surface area contributed by atoms with E-state index in [0.717, 1.165) is 37.7 Å². The van der Waals surface area contributed by atoms with Gasteiger partial charge in [-0.25, -0.2) is 4.79 Å². The summed E-state index contributed by atoms with van der Waals surface area (Å²) in [5.74, 6) is -0.890. The Morgan fingerprint density at radius 1 is 0.967 bits per heavy atom. The SMILES string of the molecule is CC1(Cc2cc(Cl)cc(Cl)c2)CCc2cccc(CCc3ccc(C(=O)O)cc3)c21. The second-order valence-electron chi connectivity index (χ2n) is 8.47. The molecule has 3 aromatic carbocycles. The van der Waals surface area contributed by atoms with Crippen molar-refractivity contribution < 1.29 is 9.90 Å². The molecule has 0 fully saturated rings. The molecule has 0 spiro atoms. The Hall–Kier alpha value is -2.29. The number of aryl methyl sites for hydroxylation is 3. The molecule has 0 bridgehead atoms. The highest BCUT2D eigenvalue weighted by atomic mass is 35.5. The van der Waals surface area contributed by atoms with E-state index in [0.29, 0.717) is 15.6 Å². The molecule has 1 atom stereocenters. The summed E-state index contributed by atoms with van der Waals surface area (Å²) in [6.45, 7) is 2.35. The van der Waals surface area contributed by atoms with E-state index in [2.05, 4.69) is 25.1 Å². The van der Waals surface area contributed by atoms with E-state index in [1.54, 1.807) is 18.2 Å². The Kier molecular flexibility index (Phi) is 5.90. The minimum absolute atomic E-state index is 0.0487. The van der Waals surface area contributed by atoms with Crippen molar-refractivity contribution in [2.75, 3.05) is 0 Å². The maximum absolute atomic E-state index is 11.1. The lowest BCUT2D eigenvalue weighted by Crippen LogP contribution is -2.23. The molecular formula is C26H24Cl2O2. The van der Waals surface area contributed by atoms with E-state index >= 15 is 0 Å². The van der Waals surface area contributed by atoms with Gasteiger partial charge in [0.25, 0.3) is 0 Å². The van der Waals surface area contributed by atoms with Crippen LogP contribution in [-0.4, -0.2) is 11.1 Å². The molecule has 3 aromatic rings. The zero-order chi connectivity index (χ0) is 21.3. The number of carboxylic acid groups (broad SMARTS) is 1. The van der Waals surface area contributed by atoms with Crippen LogP contribution in [0.2, 0.25) is 10.0 Å². The van der Waals surface area contributed by atoms with Crippen LogP contribution in [0.25, 0.3) is 0 Å². The van der Waals surface area contributed by atoms with E-state index in [1.807, 2.05) is 24.3 Å². The fourth-order valence-electron chi connectivity index (χ4n) is 4.81. The van der Waals surface area contributed by atoms with Gasteiger partial charge in [-0.15, -0.1) is 0 Å². The minimum atomic E-state index is -0.890. The average molecular weight is 439 g/mol. The first-order valence-corrected chi connectivity index (χ1v) is 11.0. The standard InChI is InChI=1S/C26H24Cl2O2/c1-26(16-18-13-22(27)15-23(28)14-18)12-11-20-4-2-3-19(24(20)26)8-5-17-6-9-21(10-7-17)25(29)30/h2-4,6-7,9-10,13-15H,5,8,11-12,16H2,1H3,(H,29,30). The van der Waals surface area contributed by atoms with E-state index in [4.69, 9.17) is 28.3 Å². The number of aromatic carboxylic acids is 1. The molecule has 0 heterocycles. The Morgan fingerprint density at radius 3 is 2.33 bits per heavy atom. The predicted octanol–water partition coefficient (Wildman–Crippen LogP) is 6.92. The summed E-state index contributed by atoms with van der Waals surface area (Å²) in [7, 11) is 0. The van der Waals surface area contributed by atoms with Crippen molar-refractivity contribution in [2.24, 2.45) is 0 Å². The maximum Gasteiger partial charge on any atom is 0.335 e. The van der Waals surface area contributed by atoms with Crippen molar-refractivity contribution in [1.82, 2.24) is 0 Å². The molecule has 2 nitrogen and oxygen atoms in total. The van der Waals surface area contributed by atoms with Gasteiger partial charge in [0.2, 0.25) is 0 Å². The molecule has 4 heteroatoms. The fourth-order valence-corrected chi connectivity index (χ4v) is 5.39. The number of hydrogen-bond donors (Lipinski definition) is 1. The van der Waals surface area contributed by atoms with Crippen molar-refractivity contribution in [1.29, 1.82) is 0 Å². The molecular weight excluding hydrogens is 415 g/mol. The first-order chi connectivity index (χ1) is 14.3. The second-order valence-corrected chi connectivity index (χ2v) is 9.34. The van der Waals surface area contributed by atoms with Crippen LogP contribution in [0.5, 0.6) is 0 Å². The number of hydrogen-bond acceptors (Lipinski definition) is 1. The molecule has 1 unspecified atom stereocenters. The molecule has 0 aromatic heterocycles. The summed E-state index contributed by atoms with van der Waals surface area (Å²) in [6.07, 6.45) is 4.92. The molecule has 1 N–H and O–H groups in total. The zero-order valence-electron chi connectivity index (χ0n) is 16.9. The van der Waals surface area contributed by atoms with E-state index in [-0.39, 0.29) is 5.41 Å². The molecule has 30 heavy (non-hydrogen) atoms. The first kappa shape index (κ1) is 21.0. The monoisotopic (exact) mass is 438 g/mol. The molecule has 154 valence electrons. The van der Waals surface area contributed by atoms with Gasteiger partial charge in [0.1, 0.15) is 0 Å². The second kappa shape index (κ2) is 8.45. The normalized spacial score (nSPS) is 17.7. The van der Waals surface area contributed by atoms with Crippen LogP contribution in [0, 0.1) is 0 Å². The van der Waals surface area contributed by atoms with Crippen LogP contribution in [0.15, 0.2) is 60.7 Å². The number of carbonyl (C=O) groups is 1. The summed E-state index contributed by atoms with van der Waals surface area (Å²) in [4.78, 5) is 11.1. The molecule has 0 aliphatic heterocycles. The van der Waals surface area contributed by atoms with Gasteiger partial charge >= 0.3 is 5.97 Å². The molecule has 0 saturated heterocycles. The van der Waals surface area contributed by atoms with E-state index in [1.165, 1.54) is 22.3 Å². The summed E-state index contributed by atoms with van der Waals surface area (Å²) in [6, 6.07) is 19.6. The summed E-state index contributed by atoms with van der Waals surface area (Å²) >= 11 is 12.5. The Morgan fingerprint density at radius 2 is 1.67 bits per heavy atom. The van der Waals surface area contributed by atoms with Crippen LogP contribution in [-0.2, 0) is 31.1 Å². The number of halogens is 2. The predicted molar refractivity (Wildman–Crippen MR) is 123 cm³/mol. The molecule has 1 aliphatic rings. The third-order valence-corrected chi connectivity index (χ3v) is 6.62. The molecule has 0 saturated carbocycles. The smallest absolute Gasteiger partial charge is 0.335 e. The van der Waals surface area contributed by atoms with Gasteiger partial charge in [-0.1, -0.05) is 60.5 Å². The summed E-state index contributed by atoms with van der Waals surface area (Å²) in [5, 5.41) is 10.4. The molecule has 4 rings (SSSR count). The lowest BCUT2D eigenvalue weighted by atomic mass is 9.76. The van der Waals surface area contributed by atoms with Crippen LogP contribution in [0.3, 0.4) is 0 Å². The van der Waals surface area contributed by atoms with Crippen molar-refractivity contribution in [3.8, 4) is 0 Å². The van der Waals surface area contributed by atoms with Gasteiger partial charge in [0.15, 0.2) is 0 Å². The average Bonchev–Trinajstić information content (AvgIpc) is 3.03. The Labute approximate surface area is 187 Å². The number of fused-ring (bicyclic) bond motifs is 1. The van der Waals surface area contributed by atoms with Crippen LogP contribution in [0.1, 0.15) is 51.5 Å². The fraction of sp³-hybridized carbons (Fsp3) is 0.269. The lowest BCUT2D eigenvalue weighted by molar-refractivity contribution is 0.0697. The van der Waals surface area contributed by atoms with Gasteiger partial charge < -0.3 is 5.11 Å². The third kappa shape index (κ3) is 4.40. The number of carboxylic acids is 1. The maximum atomic E-state index is 11.1. The van der Waals surface area contributed by atoms with Crippen molar-refractivity contribution in [2.45, 2.75) is 44.4 Å². The third-order valence-electron chi connectivity index (χ3n) is 6.19.